The molecule has 1 amide bonds. The van der Waals surface area contributed by atoms with Crippen LogP contribution in [-0.2, 0) is 9.53 Å². The van der Waals surface area contributed by atoms with Gasteiger partial charge in [-0.15, -0.1) is 0 Å². The van der Waals surface area contributed by atoms with Crippen molar-refractivity contribution in [3.8, 4) is 5.75 Å². The van der Waals surface area contributed by atoms with E-state index in [2.05, 4.69) is 11.9 Å². The molecule has 0 bridgehead atoms. The second kappa shape index (κ2) is 7.30. The summed E-state index contributed by atoms with van der Waals surface area (Å²) in [5.41, 5.74) is 0.163. The van der Waals surface area contributed by atoms with Crippen molar-refractivity contribution in [1.29, 1.82) is 0 Å². The van der Waals surface area contributed by atoms with E-state index in [-0.39, 0.29) is 17.9 Å². The molecule has 5 nitrogen and oxygen atoms in total. The number of benzene rings is 1. The Morgan fingerprint density at radius 2 is 2.25 bits per heavy atom. The van der Waals surface area contributed by atoms with Crippen LogP contribution in [0.25, 0.3) is 0 Å². The summed E-state index contributed by atoms with van der Waals surface area (Å²) in [7, 11) is 3.90. The van der Waals surface area contributed by atoms with E-state index in [4.69, 9.17) is 21.1 Å². The largest absolute Gasteiger partial charge is 0.484 e. The Balaban J connectivity index is 1.57. The van der Waals surface area contributed by atoms with Crippen LogP contribution in [0.15, 0.2) is 24.3 Å². The van der Waals surface area contributed by atoms with Crippen LogP contribution in [0, 0.1) is 11.3 Å². The summed E-state index contributed by atoms with van der Waals surface area (Å²) in [6.07, 6.45) is 1.04. The Morgan fingerprint density at radius 1 is 1.42 bits per heavy atom. The lowest BCUT2D eigenvalue weighted by atomic mass is 9.78. The molecule has 2 saturated heterocycles. The molecule has 1 aromatic rings. The Kier molecular flexibility index (Phi) is 5.33. The zero-order chi connectivity index (χ0) is 17.2. The number of rotatable bonds is 5. The van der Waals surface area contributed by atoms with Crippen LogP contribution in [0.3, 0.4) is 0 Å². The van der Waals surface area contributed by atoms with Gasteiger partial charge in [-0.05, 0) is 31.7 Å². The topological polar surface area (TPSA) is 42.0 Å². The number of nitrogens with zero attached hydrogens (tertiary/aromatic N) is 2. The Bertz CT molecular complexity index is 597. The van der Waals surface area contributed by atoms with Gasteiger partial charge in [-0.2, -0.15) is 0 Å². The molecule has 0 unspecified atom stereocenters. The van der Waals surface area contributed by atoms with Crippen LogP contribution in [0.4, 0.5) is 0 Å². The van der Waals surface area contributed by atoms with Crippen LogP contribution in [-0.4, -0.2) is 69.3 Å². The van der Waals surface area contributed by atoms with E-state index in [1.165, 1.54) is 0 Å². The Morgan fingerprint density at radius 3 is 3.00 bits per heavy atom. The third-order valence-electron chi connectivity index (χ3n) is 5.25. The quantitative estimate of drug-likeness (QED) is 0.814. The molecule has 24 heavy (non-hydrogen) atoms. The van der Waals surface area contributed by atoms with Gasteiger partial charge in [0, 0.05) is 49.6 Å². The fraction of sp³-hybridized carbons (Fsp3) is 0.611. The van der Waals surface area contributed by atoms with Crippen molar-refractivity contribution in [2.75, 3.05) is 53.6 Å². The molecule has 0 saturated carbocycles. The van der Waals surface area contributed by atoms with Crippen LogP contribution in [0.5, 0.6) is 5.75 Å². The number of hydrogen-bond acceptors (Lipinski definition) is 4. The summed E-state index contributed by atoms with van der Waals surface area (Å²) in [6.45, 7) is 4.47. The van der Waals surface area contributed by atoms with Gasteiger partial charge in [0.15, 0.2) is 6.61 Å². The highest BCUT2D eigenvalue weighted by atomic mass is 35.5. The zero-order valence-electron chi connectivity index (χ0n) is 14.3. The van der Waals surface area contributed by atoms with Gasteiger partial charge in [0.25, 0.3) is 5.91 Å². The lowest BCUT2D eigenvalue weighted by Gasteiger charge is -2.30. The van der Waals surface area contributed by atoms with Crippen molar-refractivity contribution >= 4 is 17.5 Å². The van der Waals surface area contributed by atoms with E-state index in [1.807, 2.05) is 17.0 Å². The van der Waals surface area contributed by atoms with Gasteiger partial charge in [0.1, 0.15) is 5.75 Å². The number of halogens is 1. The fourth-order valence-corrected chi connectivity index (χ4v) is 4.28. The highest BCUT2D eigenvalue weighted by molar-refractivity contribution is 6.30. The zero-order valence-corrected chi connectivity index (χ0v) is 15.1. The van der Waals surface area contributed by atoms with Gasteiger partial charge < -0.3 is 19.3 Å². The summed E-state index contributed by atoms with van der Waals surface area (Å²) in [5.74, 6) is 1.15. The molecule has 2 heterocycles. The van der Waals surface area contributed by atoms with Crippen molar-refractivity contribution in [1.82, 2.24) is 9.80 Å². The number of methoxy groups -OCH3 is 1. The molecular formula is C18H25ClN2O3. The van der Waals surface area contributed by atoms with Gasteiger partial charge in [-0.3, -0.25) is 4.79 Å². The van der Waals surface area contributed by atoms with Crippen LogP contribution < -0.4 is 4.74 Å². The molecule has 1 spiro atoms. The van der Waals surface area contributed by atoms with Gasteiger partial charge in [0.2, 0.25) is 0 Å². The van der Waals surface area contributed by atoms with Gasteiger partial charge in [0.05, 0.1) is 6.61 Å². The molecule has 6 heteroatoms. The first-order chi connectivity index (χ1) is 11.5. The maximum atomic E-state index is 12.5. The van der Waals surface area contributed by atoms with E-state index in [0.717, 1.165) is 39.2 Å². The highest BCUT2D eigenvalue weighted by Crippen LogP contribution is 2.43. The molecule has 0 radical (unpaired) electrons. The average Bonchev–Trinajstić information content (AvgIpc) is 3.10. The van der Waals surface area contributed by atoms with E-state index in [0.29, 0.717) is 16.7 Å². The molecule has 2 atom stereocenters. The number of likely N-dealkylation sites (tertiary alicyclic amines) is 2. The average molecular weight is 353 g/mol. The highest BCUT2D eigenvalue weighted by Gasteiger charge is 2.50. The SMILES string of the molecule is COC[C@@H]1CN(C)C[C@@]12CCN(C(=O)COc1cccc(Cl)c1)C2. The standard InChI is InChI=1S/C18H25ClN2O3/c1-20-9-14(10-23-2)18(12-20)6-7-21(13-18)17(22)11-24-16-5-3-4-15(19)8-16/h3-5,8,14H,6-7,9-13H2,1-2H3/t14-,18+/m0/s1. The summed E-state index contributed by atoms with van der Waals surface area (Å²) in [4.78, 5) is 16.8. The van der Waals surface area contributed by atoms with E-state index < -0.39 is 0 Å². The first kappa shape index (κ1) is 17.5. The molecule has 2 aliphatic rings. The summed E-state index contributed by atoms with van der Waals surface area (Å²) >= 11 is 5.94. The fourth-order valence-electron chi connectivity index (χ4n) is 4.10. The normalized spacial score (nSPS) is 27.1. The summed E-state index contributed by atoms with van der Waals surface area (Å²) < 4.78 is 11.0. The smallest absolute Gasteiger partial charge is 0.260 e. The Labute approximate surface area is 148 Å². The van der Waals surface area contributed by atoms with Crippen molar-refractivity contribution < 1.29 is 14.3 Å². The molecule has 0 aromatic heterocycles. The molecule has 0 N–H and O–H groups in total. The minimum absolute atomic E-state index is 0.0394. The summed E-state index contributed by atoms with van der Waals surface area (Å²) in [5, 5.41) is 0.608. The number of hydrogen-bond donors (Lipinski definition) is 0. The third-order valence-corrected chi connectivity index (χ3v) is 5.48. The van der Waals surface area contributed by atoms with E-state index >= 15 is 0 Å². The molecular weight excluding hydrogens is 328 g/mol. The minimum atomic E-state index is 0.0394. The second-order valence-corrected chi connectivity index (χ2v) is 7.46. The molecule has 132 valence electrons. The van der Waals surface area contributed by atoms with Gasteiger partial charge in [-0.25, -0.2) is 0 Å². The first-order valence-electron chi connectivity index (χ1n) is 8.36. The van der Waals surface area contributed by atoms with Crippen molar-refractivity contribution in [3.05, 3.63) is 29.3 Å². The lowest BCUT2D eigenvalue weighted by molar-refractivity contribution is -0.132. The molecule has 0 aliphatic carbocycles. The Hall–Kier alpha value is -1.30. The maximum Gasteiger partial charge on any atom is 0.260 e. The van der Waals surface area contributed by atoms with Gasteiger partial charge in [-0.1, -0.05) is 17.7 Å². The third kappa shape index (κ3) is 3.68. The van der Waals surface area contributed by atoms with E-state index in [9.17, 15) is 4.79 Å². The molecule has 2 aliphatic heterocycles. The second-order valence-electron chi connectivity index (χ2n) is 7.02. The molecule has 2 fully saturated rings. The number of carbonyl (C=O) groups is 1. The first-order valence-corrected chi connectivity index (χ1v) is 8.74. The predicted octanol–water partition coefficient (Wildman–Crippen LogP) is 2.15. The lowest BCUT2D eigenvalue weighted by Crippen LogP contribution is -2.39. The molecule has 3 rings (SSSR count). The van der Waals surface area contributed by atoms with Crippen molar-refractivity contribution in [2.45, 2.75) is 6.42 Å². The van der Waals surface area contributed by atoms with E-state index in [1.54, 1.807) is 19.2 Å². The number of ether oxygens (including phenoxy) is 2. The van der Waals surface area contributed by atoms with Crippen molar-refractivity contribution in [3.63, 3.8) is 0 Å². The van der Waals surface area contributed by atoms with Crippen LogP contribution in [0.1, 0.15) is 6.42 Å². The predicted molar refractivity (Wildman–Crippen MR) is 93.4 cm³/mol. The number of amides is 1. The summed E-state index contributed by atoms with van der Waals surface area (Å²) in [6, 6.07) is 7.13. The molecule has 1 aromatic carbocycles. The van der Waals surface area contributed by atoms with Crippen molar-refractivity contribution in [2.24, 2.45) is 11.3 Å². The minimum Gasteiger partial charge on any atom is -0.484 e. The van der Waals surface area contributed by atoms with Crippen LogP contribution in [0.2, 0.25) is 5.02 Å². The maximum absolute atomic E-state index is 12.5. The van der Waals surface area contributed by atoms with Crippen LogP contribution >= 0.6 is 11.6 Å². The number of carbonyl (C=O) groups excluding carboxylic acids is 1. The monoisotopic (exact) mass is 352 g/mol. The van der Waals surface area contributed by atoms with Gasteiger partial charge >= 0.3 is 0 Å².